The van der Waals surface area contributed by atoms with Crippen molar-refractivity contribution in [1.82, 2.24) is 4.98 Å². The molecule has 27 heavy (non-hydrogen) atoms. The third-order valence-corrected chi connectivity index (χ3v) is 5.27. The number of benzene rings is 2. The number of halogens is 2. The van der Waals surface area contributed by atoms with E-state index >= 15 is 0 Å². The molecule has 0 aliphatic carbocycles. The number of carboxylic acid groups (broad SMARTS) is 1. The first-order chi connectivity index (χ1) is 12.9. The molecule has 0 aliphatic heterocycles. The van der Waals surface area contributed by atoms with Gasteiger partial charge in [-0.15, -0.1) is 11.3 Å². The van der Waals surface area contributed by atoms with E-state index in [1.807, 2.05) is 35.7 Å². The lowest BCUT2D eigenvalue weighted by molar-refractivity contribution is -0.138. The second-order valence-electron chi connectivity index (χ2n) is 5.84. The normalized spacial score (nSPS) is 12.0. The van der Waals surface area contributed by atoms with Crippen molar-refractivity contribution in [1.29, 1.82) is 0 Å². The molecule has 0 radical (unpaired) electrons. The van der Waals surface area contributed by atoms with Crippen LogP contribution in [-0.2, 0) is 17.8 Å². The van der Waals surface area contributed by atoms with E-state index in [1.54, 1.807) is 12.1 Å². The van der Waals surface area contributed by atoms with E-state index in [-0.39, 0.29) is 13.0 Å². The van der Waals surface area contributed by atoms with Gasteiger partial charge >= 0.3 is 5.97 Å². The van der Waals surface area contributed by atoms with Crippen LogP contribution in [0.15, 0.2) is 47.8 Å². The van der Waals surface area contributed by atoms with E-state index in [0.717, 1.165) is 16.3 Å². The molecule has 3 aromatic rings. The number of carboxylic acids is 1. The van der Waals surface area contributed by atoms with Crippen LogP contribution in [0.1, 0.15) is 11.3 Å². The van der Waals surface area contributed by atoms with Crippen LogP contribution < -0.4 is 10.5 Å². The molecule has 8 heteroatoms. The monoisotopic (exact) mass is 422 g/mol. The van der Waals surface area contributed by atoms with Gasteiger partial charge in [0.25, 0.3) is 0 Å². The van der Waals surface area contributed by atoms with Crippen molar-refractivity contribution in [2.75, 3.05) is 0 Å². The maximum Gasteiger partial charge on any atom is 0.320 e. The molecule has 1 unspecified atom stereocenters. The molecule has 0 saturated carbocycles. The van der Waals surface area contributed by atoms with Gasteiger partial charge in [0.05, 0.1) is 15.7 Å². The highest BCUT2D eigenvalue weighted by molar-refractivity contribution is 7.13. The van der Waals surface area contributed by atoms with Crippen molar-refractivity contribution in [2.24, 2.45) is 5.73 Å². The highest BCUT2D eigenvalue weighted by Crippen LogP contribution is 2.35. The molecule has 3 rings (SSSR count). The van der Waals surface area contributed by atoms with Crippen LogP contribution in [0.25, 0.3) is 10.6 Å². The summed E-state index contributed by atoms with van der Waals surface area (Å²) < 4.78 is 5.74. The van der Waals surface area contributed by atoms with Gasteiger partial charge in [-0.3, -0.25) is 4.79 Å². The first-order valence-electron chi connectivity index (χ1n) is 8.03. The van der Waals surface area contributed by atoms with E-state index in [4.69, 9.17) is 38.8 Å². The van der Waals surface area contributed by atoms with Gasteiger partial charge in [0.1, 0.15) is 17.7 Å². The van der Waals surface area contributed by atoms with Gasteiger partial charge in [-0.1, -0.05) is 53.5 Å². The summed E-state index contributed by atoms with van der Waals surface area (Å²) in [5, 5.41) is 12.3. The summed E-state index contributed by atoms with van der Waals surface area (Å²) >= 11 is 14.0. The average molecular weight is 423 g/mol. The van der Waals surface area contributed by atoms with Crippen molar-refractivity contribution in [3.63, 3.8) is 0 Å². The Kier molecular flexibility index (Phi) is 6.34. The Balaban J connectivity index is 1.69. The van der Waals surface area contributed by atoms with Gasteiger partial charge in [-0.25, -0.2) is 4.98 Å². The Morgan fingerprint density at radius 3 is 2.52 bits per heavy atom. The number of ether oxygens (including phenoxy) is 1. The molecule has 0 saturated heterocycles. The fraction of sp³-hybridized carbons (Fsp3) is 0.158. The minimum atomic E-state index is -1.08. The number of nitrogens with two attached hydrogens (primary N) is 1. The molecular weight excluding hydrogens is 407 g/mol. The van der Waals surface area contributed by atoms with Crippen molar-refractivity contribution < 1.29 is 14.6 Å². The van der Waals surface area contributed by atoms with Crippen LogP contribution >= 0.6 is 34.5 Å². The number of hydrogen-bond acceptors (Lipinski definition) is 5. The molecule has 140 valence electrons. The predicted octanol–water partition coefficient (Wildman–Crippen LogP) is 4.65. The smallest absolute Gasteiger partial charge is 0.320 e. The maximum absolute atomic E-state index is 10.9. The van der Waals surface area contributed by atoms with Crippen molar-refractivity contribution >= 4 is 40.5 Å². The maximum atomic E-state index is 10.9. The molecule has 5 nitrogen and oxygen atoms in total. The second kappa shape index (κ2) is 8.71. The summed E-state index contributed by atoms with van der Waals surface area (Å²) in [6.07, 6.45) is 0.127. The average Bonchev–Trinajstić information content (AvgIpc) is 3.10. The lowest BCUT2D eigenvalue weighted by atomic mass is 10.1. The molecule has 0 bridgehead atoms. The zero-order valence-electron chi connectivity index (χ0n) is 14.1. The molecule has 2 aromatic carbocycles. The van der Waals surface area contributed by atoms with Crippen LogP contribution in [0.5, 0.6) is 5.75 Å². The van der Waals surface area contributed by atoms with Crippen LogP contribution in [0.2, 0.25) is 10.0 Å². The third-order valence-electron chi connectivity index (χ3n) is 3.77. The van der Waals surface area contributed by atoms with E-state index in [1.165, 1.54) is 11.3 Å². The van der Waals surface area contributed by atoms with Crippen molar-refractivity contribution in [3.05, 3.63) is 69.1 Å². The number of nitrogens with zero attached hydrogens (tertiary/aromatic N) is 1. The molecule has 1 aromatic heterocycles. The zero-order valence-corrected chi connectivity index (χ0v) is 16.4. The summed E-state index contributed by atoms with van der Waals surface area (Å²) in [5.41, 5.74) is 7.99. The number of aliphatic carboxylic acids is 1. The second-order valence-corrected chi connectivity index (χ2v) is 7.51. The van der Waals surface area contributed by atoms with Gasteiger partial charge < -0.3 is 15.6 Å². The lowest BCUT2D eigenvalue weighted by Gasteiger charge is -2.12. The third kappa shape index (κ3) is 4.99. The minimum absolute atomic E-state index is 0.127. The fourth-order valence-corrected chi connectivity index (χ4v) is 3.89. The summed E-state index contributed by atoms with van der Waals surface area (Å²) in [6.45, 7) is 0.219. The van der Waals surface area contributed by atoms with E-state index < -0.39 is 12.0 Å². The SMILES string of the molecule is NC(Cc1cc(Cl)c(OCc2csc(-c3ccccc3)n2)c(Cl)c1)C(=O)O. The van der Waals surface area contributed by atoms with E-state index in [0.29, 0.717) is 21.4 Å². The summed E-state index contributed by atoms with van der Waals surface area (Å²) in [7, 11) is 0. The predicted molar refractivity (Wildman–Crippen MR) is 108 cm³/mol. The highest BCUT2D eigenvalue weighted by atomic mass is 35.5. The Bertz CT molecular complexity index is 924. The van der Waals surface area contributed by atoms with Gasteiger partial charge in [0.2, 0.25) is 0 Å². The van der Waals surface area contributed by atoms with Crippen LogP contribution in [0, 0.1) is 0 Å². The Morgan fingerprint density at radius 2 is 1.89 bits per heavy atom. The van der Waals surface area contributed by atoms with Crippen LogP contribution in [0.4, 0.5) is 0 Å². The Morgan fingerprint density at radius 1 is 1.22 bits per heavy atom. The molecule has 3 N–H and O–H groups in total. The molecular formula is C19H16Cl2N2O3S. The standard InChI is InChI=1S/C19H16Cl2N2O3S/c20-14-6-11(8-16(22)19(24)25)7-15(21)17(14)26-9-13-10-27-18(23-13)12-4-2-1-3-5-12/h1-7,10,16H,8-9,22H2,(H,24,25). The first-order valence-corrected chi connectivity index (χ1v) is 9.66. The van der Waals surface area contributed by atoms with Gasteiger partial charge in [-0.2, -0.15) is 0 Å². The number of thiazole rings is 1. The largest absolute Gasteiger partial charge is 0.484 e. The number of rotatable bonds is 7. The number of hydrogen-bond donors (Lipinski definition) is 2. The topological polar surface area (TPSA) is 85.4 Å². The summed E-state index contributed by atoms with van der Waals surface area (Å²) in [6, 6.07) is 12.1. The van der Waals surface area contributed by atoms with Crippen molar-refractivity contribution in [3.8, 4) is 16.3 Å². The molecule has 0 fully saturated rings. The Hall–Kier alpha value is -2.12. The fourth-order valence-electron chi connectivity index (χ4n) is 2.44. The highest BCUT2D eigenvalue weighted by Gasteiger charge is 2.16. The zero-order chi connectivity index (χ0) is 19.4. The number of carbonyl (C=O) groups is 1. The molecule has 0 aliphatic rings. The molecule has 1 heterocycles. The van der Waals surface area contributed by atoms with Gasteiger partial charge in [0.15, 0.2) is 5.75 Å². The van der Waals surface area contributed by atoms with Crippen molar-refractivity contribution in [2.45, 2.75) is 19.1 Å². The molecule has 0 amide bonds. The van der Waals surface area contributed by atoms with Gasteiger partial charge in [-0.05, 0) is 24.1 Å². The summed E-state index contributed by atoms with van der Waals surface area (Å²) in [5.74, 6) is -0.749. The summed E-state index contributed by atoms with van der Waals surface area (Å²) in [4.78, 5) is 15.4. The van der Waals surface area contributed by atoms with Gasteiger partial charge in [0, 0.05) is 10.9 Å². The van der Waals surface area contributed by atoms with Crippen LogP contribution in [0.3, 0.4) is 0 Å². The van der Waals surface area contributed by atoms with Crippen LogP contribution in [-0.4, -0.2) is 22.1 Å². The lowest BCUT2D eigenvalue weighted by Crippen LogP contribution is -2.32. The number of aromatic nitrogens is 1. The first kappa shape index (κ1) is 19.6. The molecule has 1 atom stereocenters. The Labute approximate surface area is 170 Å². The van der Waals surface area contributed by atoms with E-state index in [2.05, 4.69) is 4.98 Å². The van der Waals surface area contributed by atoms with E-state index in [9.17, 15) is 4.79 Å². The minimum Gasteiger partial charge on any atom is -0.484 e. The molecule has 0 spiro atoms. The quantitative estimate of drug-likeness (QED) is 0.578.